The van der Waals surface area contributed by atoms with Gasteiger partial charge in [-0.25, -0.2) is 0 Å². The third-order valence-corrected chi connectivity index (χ3v) is 6.88. The second kappa shape index (κ2) is 6.32. The molecule has 0 saturated heterocycles. The van der Waals surface area contributed by atoms with Crippen molar-refractivity contribution in [1.29, 1.82) is 0 Å². The normalized spacial score (nSPS) is 35.5. The first-order valence-electron chi connectivity index (χ1n) is 8.51. The molecule has 0 amide bonds. The molecule has 3 fully saturated rings. The highest BCUT2D eigenvalue weighted by molar-refractivity contribution is 7.85. The molecule has 3 rings (SSSR count). The van der Waals surface area contributed by atoms with E-state index in [9.17, 15) is 13.2 Å². The van der Waals surface area contributed by atoms with Gasteiger partial charge in [-0.1, -0.05) is 31.9 Å². The smallest absolute Gasteiger partial charge is 0.264 e. The average Bonchev–Trinajstić information content (AvgIpc) is 2.42. The number of carbonyl (C=O) groups is 1. The van der Waals surface area contributed by atoms with Crippen molar-refractivity contribution in [1.82, 2.24) is 0 Å². The quantitative estimate of drug-likeness (QED) is 0.566. The van der Waals surface area contributed by atoms with Crippen molar-refractivity contribution in [2.24, 2.45) is 29.1 Å². The van der Waals surface area contributed by atoms with Crippen LogP contribution in [0.15, 0.2) is 11.1 Å². The van der Waals surface area contributed by atoms with E-state index < -0.39 is 10.1 Å². The van der Waals surface area contributed by atoms with Gasteiger partial charge in [0.05, 0.1) is 12.9 Å². The van der Waals surface area contributed by atoms with Gasteiger partial charge in [-0.05, 0) is 50.4 Å². The molecule has 132 valence electrons. The van der Waals surface area contributed by atoms with E-state index in [-0.39, 0.29) is 23.9 Å². The first kappa shape index (κ1) is 18.7. The summed E-state index contributed by atoms with van der Waals surface area (Å²) in [6, 6.07) is 0. The Kier molecular flexibility index (Phi) is 5.13. The largest absolute Gasteiger partial charge is 0.299 e. The summed E-state index contributed by atoms with van der Waals surface area (Å²) in [5.41, 5.74) is 2.60. The van der Waals surface area contributed by atoms with Gasteiger partial charge in [-0.2, -0.15) is 8.42 Å². The minimum Gasteiger partial charge on any atom is -0.299 e. The number of fused-ring (bicyclic) bond motifs is 3. The van der Waals surface area contributed by atoms with Crippen molar-refractivity contribution in [3.05, 3.63) is 11.1 Å². The number of Topliss-reactive ketones (excluding diaryl/α,β-unsaturated/α-hetero) is 1. The predicted octanol–water partition coefficient (Wildman–Crippen LogP) is 3.58. The van der Waals surface area contributed by atoms with Crippen LogP contribution in [-0.2, 0) is 19.1 Å². The lowest BCUT2D eigenvalue weighted by Gasteiger charge is -2.56. The highest BCUT2D eigenvalue weighted by atomic mass is 32.2. The van der Waals surface area contributed by atoms with Crippen LogP contribution in [0.25, 0.3) is 0 Å². The van der Waals surface area contributed by atoms with Gasteiger partial charge in [0.15, 0.2) is 0 Å². The average molecular weight is 343 g/mol. The van der Waals surface area contributed by atoms with Crippen LogP contribution in [-0.4, -0.2) is 27.1 Å². The molecule has 0 heterocycles. The van der Waals surface area contributed by atoms with E-state index in [1.807, 2.05) is 0 Å². The van der Waals surface area contributed by atoms with E-state index in [4.69, 9.17) is 4.18 Å². The van der Waals surface area contributed by atoms with Crippen molar-refractivity contribution in [2.75, 3.05) is 12.9 Å². The SMILES string of the molecule is CC(C)=C1C[C@]2(C)[C@@H]([C@H](C)CCOS(C)(=O)=O)C[C@H]1C(=O)[C@@H]2C. The van der Waals surface area contributed by atoms with Gasteiger partial charge in [0.25, 0.3) is 10.1 Å². The Balaban J connectivity index is 2.16. The fourth-order valence-electron chi connectivity index (χ4n) is 4.71. The van der Waals surface area contributed by atoms with Crippen molar-refractivity contribution >= 4 is 15.9 Å². The maximum atomic E-state index is 12.7. The highest BCUT2D eigenvalue weighted by Gasteiger charge is 2.56. The van der Waals surface area contributed by atoms with Gasteiger partial charge in [-0.3, -0.25) is 8.98 Å². The van der Waals surface area contributed by atoms with Crippen molar-refractivity contribution in [2.45, 2.75) is 53.9 Å². The molecule has 2 bridgehead atoms. The fraction of sp³-hybridized carbons (Fsp3) is 0.833. The minimum absolute atomic E-state index is 0.0249. The van der Waals surface area contributed by atoms with Crippen LogP contribution in [0.2, 0.25) is 0 Å². The van der Waals surface area contributed by atoms with E-state index in [1.54, 1.807) is 0 Å². The van der Waals surface area contributed by atoms with Gasteiger partial charge < -0.3 is 0 Å². The Morgan fingerprint density at radius 3 is 2.52 bits per heavy atom. The second-order valence-electron chi connectivity index (χ2n) is 8.02. The molecule has 5 atom stereocenters. The summed E-state index contributed by atoms with van der Waals surface area (Å²) < 4.78 is 27.1. The summed E-state index contributed by atoms with van der Waals surface area (Å²) in [6.45, 7) is 10.9. The molecule has 0 radical (unpaired) electrons. The maximum absolute atomic E-state index is 12.7. The summed E-state index contributed by atoms with van der Waals surface area (Å²) in [7, 11) is -3.38. The lowest BCUT2D eigenvalue weighted by atomic mass is 9.47. The Labute approximate surface area is 140 Å². The van der Waals surface area contributed by atoms with Gasteiger partial charge in [0.2, 0.25) is 0 Å². The van der Waals surface area contributed by atoms with Crippen molar-refractivity contribution < 1.29 is 17.4 Å². The molecule has 0 unspecified atom stereocenters. The standard InChI is InChI=1S/C18H30O4S/c1-11(2)15-10-18(5)13(4)17(19)14(15)9-16(18)12(3)7-8-22-23(6,20)21/h12-14,16H,7-10H2,1-6H3/t12-,13+,14-,16-,18+/m1/s1. The zero-order valence-electron chi connectivity index (χ0n) is 15.2. The third kappa shape index (κ3) is 3.55. The second-order valence-corrected chi connectivity index (χ2v) is 9.66. The summed E-state index contributed by atoms with van der Waals surface area (Å²) >= 11 is 0. The Bertz CT molecular complexity index is 615. The Morgan fingerprint density at radius 2 is 2.00 bits per heavy atom. The van der Waals surface area contributed by atoms with E-state index in [2.05, 4.69) is 34.6 Å². The molecule has 0 aliphatic heterocycles. The summed E-state index contributed by atoms with van der Waals surface area (Å²) in [6.07, 6.45) is 3.70. The van der Waals surface area contributed by atoms with Crippen molar-refractivity contribution in [3.8, 4) is 0 Å². The van der Waals surface area contributed by atoms with Crippen LogP contribution in [0.3, 0.4) is 0 Å². The first-order chi connectivity index (χ1) is 10.5. The van der Waals surface area contributed by atoms with Gasteiger partial charge in [0, 0.05) is 11.8 Å². The van der Waals surface area contributed by atoms with E-state index in [0.717, 1.165) is 19.1 Å². The minimum atomic E-state index is -3.38. The highest BCUT2D eigenvalue weighted by Crippen LogP contribution is 2.60. The molecule has 0 N–H and O–H groups in total. The van der Waals surface area contributed by atoms with Crippen LogP contribution < -0.4 is 0 Å². The number of hydrogen-bond acceptors (Lipinski definition) is 4. The molecular weight excluding hydrogens is 312 g/mol. The molecule has 0 aromatic rings. The van der Waals surface area contributed by atoms with Crippen LogP contribution in [0.4, 0.5) is 0 Å². The molecule has 3 saturated carbocycles. The number of carbonyl (C=O) groups excluding carboxylic acids is 1. The van der Waals surface area contributed by atoms with E-state index in [0.29, 0.717) is 24.0 Å². The first-order valence-corrected chi connectivity index (χ1v) is 10.3. The van der Waals surface area contributed by atoms with Crippen LogP contribution in [0.1, 0.15) is 53.9 Å². The third-order valence-electron chi connectivity index (χ3n) is 6.29. The van der Waals surface area contributed by atoms with Gasteiger partial charge in [0.1, 0.15) is 5.78 Å². The molecular formula is C18H30O4S. The van der Waals surface area contributed by atoms with Gasteiger partial charge in [-0.15, -0.1) is 0 Å². The van der Waals surface area contributed by atoms with E-state index in [1.165, 1.54) is 11.1 Å². The number of allylic oxidation sites excluding steroid dienone is 2. The zero-order chi connectivity index (χ0) is 17.6. The van der Waals surface area contributed by atoms with E-state index >= 15 is 0 Å². The number of ketones is 1. The lowest BCUT2D eigenvalue weighted by Crippen LogP contribution is -2.54. The number of rotatable bonds is 5. The van der Waals surface area contributed by atoms with Crippen LogP contribution in [0, 0.1) is 29.1 Å². The zero-order valence-corrected chi connectivity index (χ0v) is 16.0. The summed E-state index contributed by atoms with van der Waals surface area (Å²) in [5.74, 6) is 1.32. The molecule has 3 aliphatic rings. The molecule has 0 spiro atoms. The van der Waals surface area contributed by atoms with Gasteiger partial charge >= 0.3 is 0 Å². The maximum Gasteiger partial charge on any atom is 0.264 e. The lowest BCUT2D eigenvalue weighted by molar-refractivity contribution is -0.144. The summed E-state index contributed by atoms with van der Waals surface area (Å²) in [5, 5.41) is 0. The molecule has 0 aromatic heterocycles. The molecule has 5 heteroatoms. The molecule has 23 heavy (non-hydrogen) atoms. The predicted molar refractivity (Wildman–Crippen MR) is 91.4 cm³/mol. The Morgan fingerprint density at radius 1 is 1.39 bits per heavy atom. The molecule has 3 aliphatic carbocycles. The Hall–Kier alpha value is -0.680. The summed E-state index contributed by atoms with van der Waals surface area (Å²) in [4.78, 5) is 12.7. The molecule has 0 aromatic carbocycles. The monoisotopic (exact) mass is 342 g/mol. The number of hydrogen-bond donors (Lipinski definition) is 0. The fourth-order valence-corrected chi connectivity index (χ4v) is 5.11. The van der Waals surface area contributed by atoms with Crippen LogP contribution >= 0.6 is 0 Å². The topological polar surface area (TPSA) is 60.4 Å². The van der Waals surface area contributed by atoms with Crippen LogP contribution in [0.5, 0.6) is 0 Å². The molecule has 4 nitrogen and oxygen atoms in total. The van der Waals surface area contributed by atoms with Crippen molar-refractivity contribution in [3.63, 3.8) is 0 Å².